The minimum atomic E-state index is -1.06. The van der Waals surface area contributed by atoms with Gasteiger partial charge in [-0.15, -0.1) is 0 Å². The number of aliphatic hydroxyl groups is 2. The molecule has 0 bridgehead atoms. The van der Waals surface area contributed by atoms with E-state index in [0.29, 0.717) is 11.1 Å². The fourth-order valence-corrected chi connectivity index (χ4v) is 3.21. The van der Waals surface area contributed by atoms with Crippen molar-refractivity contribution in [1.29, 1.82) is 0 Å². The molecular formula is C25H29NO3. The van der Waals surface area contributed by atoms with Crippen molar-refractivity contribution in [3.05, 3.63) is 120 Å². The second kappa shape index (κ2) is 10.7. The molecule has 0 radical (unpaired) electrons. The lowest BCUT2D eigenvalue weighted by Gasteiger charge is -2.34. The summed E-state index contributed by atoms with van der Waals surface area (Å²) >= 11 is 0. The Bertz CT molecular complexity index is 904. The Morgan fingerprint density at radius 3 is 2.10 bits per heavy atom. The van der Waals surface area contributed by atoms with E-state index in [4.69, 9.17) is 0 Å². The molecule has 4 nitrogen and oxygen atoms in total. The molecule has 1 rings (SSSR count). The van der Waals surface area contributed by atoms with Crippen LogP contribution >= 0.6 is 0 Å². The summed E-state index contributed by atoms with van der Waals surface area (Å²) in [6.45, 7) is 16.6. The molecule has 1 fully saturated rings. The molecule has 0 aliphatic carbocycles. The maximum absolute atomic E-state index is 12.9. The highest BCUT2D eigenvalue weighted by molar-refractivity contribution is 6.05. The predicted octanol–water partition coefficient (Wildman–Crippen LogP) is 5.62. The van der Waals surface area contributed by atoms with Crippen LogP contribution in [0.2, 0.25) is 0 Å². The van der Waals surface area contributed by atoms with Crippen molar-refractivity contribution < 1.29 is 15.0 Å². The molecule has 4 heteroatoms. The lowest BCUT2D eigenvalue weighted by Crippen LogP contribution is -2.45. The minimum absolute atomic E-state index is 0.0168. The molecule has 152 valence electrons. The van der Waals surface area contributed by atoms with E-state index in [1.807, 2.05) is 26.0 Å². The second-order valence-corrected chi connectivity index (χ2v) is 6.14. The van der Waals surface area contributed by atoms with E-state index in [2.05, 4.69) is 25.1 Å². The Morgan fingerprint density at radius 2 is 1.62 bits per heavy atom. The van der Waals surface area contributed by atoms with Gasteiger partial charge in [-0.2, -0.15) is 0 Å². The van der Waals surface area contributed by atoms with Crippen molar-refractivity contribution in [2.75, 3.05) is 0 Å². The monoisotopic (exact) mass is 391 g/mol. The van der Waals surface area contributed by atoms with Gasteiger partial charge in [0.15, 0.2) is 0 Å². The quantitative estimate of drug-likeness (QED) is 0.286. The Kier molecular flexibility index (Phi) is 8.69. The average molecular weight is 392 g/mol. The third-order valence-electron chi connectivity index (χ3n) is 4.58. The van der Waals surface area contributed by atoms with Crippen LogP contribution in [0.15, 0.2) is 120 Å². The summed E-state index contributed by atoms with van der Waals surface area (Å²) in [6, 6.07) is 0. The van der Waals surface area contributed by atoms with Gasteiger partial charge in [0.05, 0.1) is 0 Å². The number of carbonyl (C=O) groups is 1. The predicted molar refractivity (Wildman–Crippen MR) is 121 cm³/mol. The van der Waals surface area contributed by atoms with Crippen LogP contribution in [0, 0.1) is 0 Å². The van der Waals surface area contributed by atoms with E-state index in [1.165, 1.54) is 12.2 Å². The zero-order valence-corrected chi connectivity index (χ0v) is 17.3. The molecule has 29 heavy (non-hydrogen) atoms. The Hall–Kier alpha value is -3.53. The summed E-state index contributed by atoms with van der Waals surface area (Å²) in [5, 5.41) is 22.8. The maximum atomic E-state index is 12.9. The first-order chi connectivity index (χ1) is 13.9. The molecule has 1 amide bonds. The number of allylic oxidation sites excluding steroid dienone is 9. The Labute approximate surface area is 173 Å². The number of carbonyl (C=O) groups excluding carboxylic acids is 1. The van der Waals surface area contributed by atoms with Crippen molar-refractivity contribution in [3.8, 4) is 0 Å². The first-order valence-corrected chi connectivity index (χ1v) is 9.24. The molecule has 0 aromatic heterocycles. The van der Waals surface area contributed by atoms with Crippen molar-refractivity contribution in [2.45, 2.75) is 26.3 Å². The average Bonchev–Trinajstić information content (AvgIpc) is 3.00. The van der Waals surface area contributed by atoms with Gasteiger partial charge in [0.1, 0.15) is 17.1 Å². The van der Waals surface area contributed by atoms with E-state index < -0.39 is 5.54 Å². The molecular weight excluding hydrogens is 362 g/mol. The Balaban J connectivity index is 3.93. The number of aliphatic hydroxyl groups excluding tert-OH is 2. The minimum Gasteiger partial charge on any atom is -0.508 e. The number of hydrogen-bond acceptors (Lipinski definition) is 3. The highest BCUT2D eigenvalue weighted by Gasteiger charge is 2.48. The van der Waals surface area contributed by atoms with Crippen molar-refractivity contribution >= 4 is 5.91 Å². The molecule has 1 aliphatic heterocycles. The molecule has 0 saturated carbocycles. The van der Waals surface area contributed by atoms with Crippen LogP contribution < -0.4 is 5.32 Å². The van der Waals surface area contributed by atoms with Gasteiger partial charge in [0, 0.05) is 5.57 Å². The van der Waals surface area contributed by atoms with Crippen LogP contribution in [0.5, 0.6) is 0 Å². The fourth-order valence-electron chi connectivity index (χ4n) is 3.21. The molecule has 0 aromatic rings. The molecule has 1 unspecified atom stereocenters. The number of amides is 1. The van der Waals surface area contributed by atoms with Gasteiger partial charge in [-0.1, -0.05) is 56.2 Å². The lowest BCUT2D eigenvalue weighted by atomic mass is 9.75. The molecule has 1 heterocycles. The molecule has 0 spiro atoms. The lowest BCUT2D eigenvalue weighted by molar-refractivity contribution is -0.116. The van der Waals surface area contributed by atoms with Gasteiger partial charge in [-0.25, -0.2) is 0 Å². The summed E-state index contributed by atoms with van der Waals surface area (Å²) in [7, 11) is 0. The van der Waals surface area contributed by atoms with Crippen molar-refractivity contribution in [1.82, 2.24) is 5.32 Å². The van der Waals surface area contributed by atoms with Crippen LogP contribution in [0.1, 0.15) is 20.8 Å². The smallest absolute Gasteiger partial charge is 0.252 e. The van der Waals surface area contributed by atoms with Crippen LogP contribution in [0.3, 0.4) is 0 Å². The summed E-state index contributed by atoms with van der Waals surface area (Å²) in [6.07, 6.45) is 17.9. The third-order valence-corrected chi connectivity index (χ3v) is 4.58. The van der Waals surface area contributed by atoms with Crippen LogP contribution in [0.4, 0.5) is 0 Å². The van der Waals surface area contributed by atoms with E-state index in [9.17, 15) is 15.0 Å². The van der Waals surface area contributed by atoms with Crippen LogP contribution in [-0.2, 0) is 4.79 Å². The highest BCUT2D eigenvalue weighted by Crippen LogP contribution is 2.43. The molecule has 0 aromatic carbocycles. The van der Waals surface area contributed by atoms with E-state index in [1.54, 1.807) is 49.5 Å². The Morgan fingerprint density at radius 1 is 0.931 bits per heavy atom. The zero-order chi connectivity index (χ0) is 22.0. The van der Waals surface area contributed by atoms with E-state index in [-0.39, 0.29) is 17.4 Å². The number of rotatable bonds is 8. The molecule has 1 saturated heterocycles. The summed E-state index contributed by atoms with van der Waals surface area (Å²) in [4.78, 5) is 12.9. The van der Waals surface area contributed by atoms with Gasteiger partial charge < -0.3 is 15.5 Å². The van der Waals surface area contributed by atoms with Crippen LogP contribution in [0.25, 0.3) is 0 Å². The van der Waals surface area contributed by atoms with Crippen molar-refractivity contribution in [3.63, 3.8) is 0 Å². The second-order valence-electron chi connectivity index (χ2n) is 6.14. The van der Waals surface area contributed by atoms with Crippen molar-refractivity contribution in [2.24, 2.45) is 0 Å². The zero-order valence-electron chi connectivity index (χ0n) is 17.3. The van der Waals surface area contributed by atoms with E-state index in [0.717, 1.165) is 11.1 Å². The molecule has 1 atom stereocenters. The standard InChI is InChI=1S/C25H29NO3/c1-7-13-22-23(12-6)25(26-24(22)29,18(8-2)14-16-20(27)10-4)19(9-3)15-17-21(28)11-5/h7-17,27-28H,1-2,4H2,3,5-6H3,(H,26,29)/b17-15-,18-14+,19-9+,20-16+,21-11+,22-13+,23-12+. The summed E-state index contributed by atoms with van der Waals surface area (Å²) < 4.78 is 0. The normalized spacial score (nSPS) is 24.3. The number of hydrogen-bond donors (Lipinski definition) is 3. The first-order valence-electron chi connectivity index (χ1n) is 9.24. The van der Waals surface area contributed by atoms with E-state index >= 15 is 0 Å². The molecule has 1 aliphatic rings. The van der Waals surface area contributed by atoms with Gasteiger partial charge in [0.2, 0.25) is 0 Å². The van der Waals surface area contributed by atoms with Gasteiger partial charge in [0.25, 0.3) is 5.91 Å². The highest BCUT2D eigenvalue weighted by atomic mass is 16.3. The van der Waals surface area contributed by atoms with Gasteiger partial charge >= 0.3 is 0 Å². The number of nitrogens with one attached hydrogen (secondary N) is 1. The van der Waals surface area contributed by atoms with Crippen LogP contribution in [-0.4, -0.2) is 21.7 Å². The summed E-state index contributed by atoms with van der Waals surface area (Å²) in [5.74, 6) is -0.177. The maximum Gasteiger partial charge on any atom is 0.252 e. The fraction of sp³-hybridized carbons (Fsp3) is 0.160. The largest absolute Gasteiger partial charge is 0.508 e. The molecule has 3 N–H and O–H groups in total. The first kappa shape index (κ1) is 23.5. The van der Waals surface area contributed by atoms with Gasteiger partial charge in [-0.05, 0) is 67.9 Å². The SMILES string of the molecule is C=C/C=C1/C(=O)NC(/C(C=C)=C/C=C(/O)C=C)(C(/C=C\C(O)=C/C)=C/C)/C1=C/C. The van der Waals surface area contributed by atoms with Gasteiger partial charge in [-0.3, -0.25) is 4.79 Å². The topological polar surface area (TPSA) is 69.6 Å². The summed E-state index contributed by atoms with van der Waals surface area (Å²) in [5.41, 5.74) is 1.50. The third kappa shape index (κ3) is 4.85.